The van der Waals surface area contributed by atoms with E-state index in [4.69, 9.17) is 9.47 Å². The number of ether oxygens (including phenoxy) is 2. The number of nitrogens with zero attached hydrogens (tertiary/aromatic N) is 1. The first-order valence-corrected chi connectivity index (χ1v) is 4.55. The molecule has 0 aromatic carbocycles. The molecule has 1 aromatic heterocycles. The third kappa shape index (κ3) is 3.72. The van der Waals surface area contributed by atoms with Crippen molar-refractivity contribution in [3.63, 3.8) is 0 Å². The zero-order valence-electron chi connectivity index (χ0n) is 8.62. The van der Waals surface area contributed by atoms with Gasteiger partial charge in [-0.15, -0.1) is 0 Å². The van der Waals surface area contributed by atoms with Crippen LogP contribution in [0.1, 0.15) is 5.56 Å². The summed E-state index contributed by atoms with van der Waals surface area (Å²) >= 11 is 0. The van der Waals surface area contributed by atoms with Crippen LogP contribution in [0.25, 0.3) is 0 Å². The SMILES string of the molecule is COCCNCc1ccc(OC)nc1. The Labute approximate surface area is 84.3 Å². The van der Waals surface area contributed by atoms with E-state index >= 15 is 0 Å². The molecule has 0 saturated carbocycles. The minimum absolute atomic E-state index is 0.644. The fourth-order valence-electron chi connectivity index (χ4n) is 1.04. The highest BCUT2D eigenvalue weighted by molar-refractivity contribution is 5.17. The van der Waals surface area contributed by atoms with E-state index in [9.17, 15) is 0 Å². The van der Waals surface area contributed by atoms with Crippen LogP contribution >= 0.6 is 0 Å². The number of pyridine rings is 1. The number of hydrogen-bond donors (Lipinski definition) is 1. The average molecular weight is 196 g/mol. The Morgan fingerprint density at radius 1 is 1.36 bits per heavy atom. The van der Waals surface area contributed by atoms with E-state index < -0.39 is 0 Å². The zero-order chi connectivity index (χ0) is 10.2. The molecule has 0 aliphatic heterocycles. The first-order chi connectivity index (χ1) is 6.86. The molecule has 0 spiro atoms. The van der Waals surface area contributed by atoms with Crippen molar-refractivity contribution in [2.45, 2.75) is 6.54 Å². The molecule has 4 nitrogen and oxygen atoms in total. The topological polar surface area (TPSA) is 43.4 Å². The molecule has 0 aliphatic rings. The second kappa shape index (κ2) is 6.34. The fraction of sp³-hybridized carbons (Fsp3) is 0.500. The Morgan fingerprint density at radius 2 is 2.21 bits per heavy atom. The van der Waals surface area contributed by atoms with Crippen LogP contribution in [0.3, 0.4) is 0 Å². The van der Waals surface area contributed by atoms with E-state index in [0.29, 0.717) is 5.88 Å². The van der Waals surface area contributed by atoms with Crippen molar-refractivity contribution in [3.05, 3.63) is 23.9 Å². The van der Waals surface area contributed by atoms with Crippen LogP contribution in [-0.2, 0) is 11.3 Å². The van der Waals surface area contributed by atoms with E-state index in [2.05, 4.69) is 10.3 Å². The van der Waals surface area contributed by atoms with E-state index in [1.807, 2.05) is 12.1 Å². The van der Waals surface area contributed by atoms with Gasteiger partial charge in [-0.1, -0.05) is 6.07 Å². The van der Waals surface area contributed by atoms with Gasteiger partial charge in [0.25, 0.3) is 0 Å². The van der Waals surface area contributed by atoms with Gasteiger partial charge >= 0.3 is 0 Å². The largest absolute Gasteiger partial charge is 0.481 e. The molecule has 4 heteroatoms. The molecule has 0 saturated heterocycles. The van der Waals surface area contributed by atoms with Gasteiger partial charge in [-0.05, 0) is 5.56 Å². The van der Waals surface area contributed by atoms with Gasteiger partial charge in [0, 0.05) is 32.5 Å². The maximum Gasteiger partial charge on any atom is 0.212 e. The van der Waals surface area contributed by atoms with Gasteiger partial charge < -0.3 is 14.8 Å². The maximum atomic E-state index is 4.96. The third-order valence-corrected chi connectivity index (χ3v) is 1.82. The summed E-state index contributed by atoms with van der Waals surface area (Å²) in [6.45, 7) is 2.38. The lowest BCUT2D eigenvalue weighted by Gasteiger charge is -2.04. The molecular formula is C10H16N2O2. The van der Waals surface area contributed by atoms with Crippen molar-refractivity contribution in [2.75, 3.05) is 27.4 Å². The predicted octanol–water partition coefficient (Wildman–Crippen LogP) is 0.826. The van der Waals surface area contributed by atoms with Crippen LogP contribution in [0.15, 0.2) is 18.3 Å². The summed E-state index contributed by atoms with van der Waals surface area (Å²) in [4.78, 5) is 4.10. The van der Waals surface area contributed by atoms with Crippen molar-refractivity contribution >= 4 is 0 Å². The molecular weight excluding hydrogens is 180 g/mol. The molecule has 0 unspecified atom stereocenters. The molecule has 78 valence electrons. The predicted molar refractivity (Wildman–Crippen MR) is 54.4 cm³/mol. The van der Waals surface area contributed by atoms with Crippen LogP contribution in [0, 0.1) is 0 Å². The minimum atomic E-state index is 0.644. The summed E-state index contributed by atoms with van der Waals surface area (Å²) in [6.07, 6.45) is 1.80. The number of aromatic nitrogens is 1. The Kier molecular flexibility index (Phi) is 4.96. The van der Waals surface area contributed by atoms with Crippen molar-refractivity contribution in [1.82, 2.24) is 10.3 Å². The van der Waals surface area contributed by atoms with Gasteiger partial charge in [-0.25, -0.2) is 4.98 Å². The lowest BCUT2D eigenvalue weighted by molar-refractivity contribution is 0.199. The van der Waals surface area contributed by atoms with Gasteiger partial charge in [0.05, 0.1) is 13.7 Å². The Bertz CT molecular complexity index is 249. The highest BCUT2D eigenvalue weighted by atomic mass is 16.5. The highest BCUT2D eigenvalue weighted by Crippen LogP contribution is 2.05. The van der Waals surface area contributed by atoms with E-state index in [-0.39, 0.29) is 0 Å². The van der Waals surface area contributed by atoms with E-state index in [0.717, 1.165) is 25.3 Å². The molecule has 1 heterocycles. The number of hydrogen-bond acceptors (Lipinski definition) is 4. The van der Waals surface area contributed by atoms with Crippen LogP contribution < -0.4 is 10.1 Å². The molecule has 0 amide bonds. The first kappa shape index (κ1) is 10.9. The van der Waals surface area contributed by atoms with Crippen molar-refractivity contribution in [2.24, 2.45) is 0 Å². The molecule has 0 atom stereocenters. The smallest absolute Gasteiger partial charge is 0.212 e. The van der Waals surface area contributed by atoms with Gasteiger partial charge in [0.15, 0.2) is 0 Å². The van der Waals surface area contributed by atoms with Gasteiger partial charge in [-0.2, -0.15) is 0 Å². The molecule has 0 radical (unpaired) electrons. The van der Waals surface area contributed by atoms with Gasteiger partial charge in [-0.3, -0.25) is 0 Å². The average Bonchev–Trinajstić information content (AvgIpc) is 2.25. The highest BCUT2D eigenvalue weighted by Gasteiger charge is 1.94. The Balaban J connectivity index is 2.29. The second-order valence-electron chi connectivity index (χ2n) is 2.88. The summed E-state index contributed by atoms with van der Waals surface area (Å²) in [7, 11) is 3.30. The molecule has 1 rings (SSSR count). The molecule has 0 fully saturated rings. The summed E-state index contributed by atoms with van der Waals surface area (Å²) < 4.78 is 9.88. The quantitative estimate of drug-likeness (QED) is 0.684. The number of nitrogens with one attached hydrogen (secondary N) is 1. The third-order valence-electron chi connectivity index (χ3n) is 1.82. The van der Waals surface area contributed by atoms with E-state index in [1.165, 1.54) is 0 Å². The fourth-order valence-corrected chi connectivity index (χ4v) is 1.04. The van der Waals surface area contributed by atoms with Crippen LogP contribution in [0.5, 0.6) is 5.88 Å². The van der Waals surface area contributed by atoms with Crippen LogP contribution in [0.4, 0.5) is 0 Å². The molecule has 0 bridgehead atoms. The van der Waals surface area contributed by atoms with Crippen molar-refractivity contribution < 1.29 is 9.47 Å². The first-order valence-electron chi connectivity index (χ1n) is 4.55. The zero-order valence-corrected chi connectivity index (χ0v) is 8.62. The molecule has 14 heavy (non-hydrogen) atoms. The standard InChI is InChI=1S/C10H16N2O2/c1-13-6-5-11-7-9-3-4-10(14-2)12-8-9/h3-4,8,11H,5-7H2,1-2H3. The van der Waals surface area contributed by atoms with Gasteiger partial charge in [0.2, 0.25) is 5.88 Å². The number of rotatable bonds is 6. The molecule has 1 aromatic rings. The molecule has 1 N–H and O–H groups in total. The summed E-state index contributed by atoms with van der Waals surface area (Å²) in [5, 5.41) is 3.23. The Hall–Kier alpha value is -1.13. The van der Waals surface area contributed by atoms with Crippen molar-refractivity contribution in [3.8, 4) is 5.88 Å². The lowest BCUT2D eigenvalue weighted by Crippen LogP contribution is -2.18. The number of methoxy groups -OCH3 is 2. The lowest BCUT2D eigenvalue weighted by atomic mass is 10.3. The second-order valence-corrected chi connectivity index (χ2v) is 2.88. The van der Waals surface area contributed by atoms with Gasteiger partial charge in [0.1, 0.15) is 0 Å². The normalized spacial score (nSPS) is 10.1. The monoisotopic (exact) mass is 196 g/mol. The van der Waals surface area contributed by atoms with Crippen molar-refractivity contribution in [1.29, 1.82) is 0 Å². The van der Waals surface area contributed by atoms with Crippen LogP contribution in [0.2, 0.25) is 0 Å². The Morgan fingerprint density at radius 3 is 2.79 bits per heavy atom. The minimum Gasteiger partial charge on any atom is -0.481 e. The van der Waals surface area contributed by atoms with E-state index in [1.54, 1.807) is 20.4 Å². The summed E-state index contributed by atoms with van der Waals surface area (Å²) in [5.41, 5.74) is 1.14. The maximum absolute atomic E-state index is 4.96. The summed E-state index contributed by atoms with van der Waals surface area (Å²) in [6, 6.07) is 3.85. The molecule has 0 aliphatic carbocycles. The summed E-state index contributed by atoms with van der Waals surface area (Å²) in [5.74, 6) is 0.644. The van der Waals surface area contributed by atoms with Crippen LogP contribution in [-0.4, -0.2) is 32.4 Å².